The van der Waals surface area contributed by atoms with E-state index >= 15 is 0 Å². The number of fused-ring (bicyclic) bond motifs is 1. The molecule has 1 unspecified atom stereocenters. The third kappa shape index (κ3) is 5.29. The monoisotopic (exact) mass is 541 g/mol. The van der Waals surface area contributed by atoms with Crippen molar-refractivity contribution in [2.45, 2.75) is 52.0 Å². The quantitative estimate of drug-likeness (QED) is 0.106. The largest absolute Gasteiger partial charge is 0.507 e. The standard InChI is InChI=1S/C31H31N3O4S/c1-4-5-8-17-38-22-13-10-20(11-14-22)28(35)26-27(24-9-6-7-16-32-24)34(30(37)29(26)36)31-33-23-15-12-21(19(2)3)18-25(23)39-31/h6-7,9-16,18-19,27,35H,4-5,8,17H2,1-3H3/b28-26+. The first kappa shape index (κ1) is 26.6. The van der Waals surface area contributed by atoms with E-state index in [4.69, 9.17) is 9.72 Å². The molecule has 1 amide bonds. The zero-order chi connectivity index (χ0) is 27.5. The fourth-order valence-corrected chi connectivity index (χ4v) is 5.69. The average Bonchev–Trinajstić information content (AvgIpc) is 3.49. The molecule has 39 heavy (non-hydrogen) atoms. The molecule has 7 nitrogen and oxygen atoms in total. The summed E-state index contributed by atoms with van der Waals surface area (Å²) in [6, 6.07) is 17.3. The molecule has 3 heterocycles. The Morgan fingerprint density at radius 3 is 2.56 bits per heavy atom. The van der Waals surface area contributed by atoms with Crippen molar-refractivity contribution < 1.29 is 19.4 Å². The van der Waals surface area contributed by atoms with Gasteiger partial charge in [-0.3, -0.25) is 19.5 Å². The van der Waals surface area contributed by atoms with Crippen molar-refractivity contribution in [1.29, 1.82) is 0 Å². The molecule has 0 bridgehead atoms. The van der Waals surface area contributed by atoms with Crippen LogP contribution in [0.5, 0.6) is 5.75 Å². The number of aliphatic hydroxyl groups is 1. The van der Waals surface area contributed by atoms with Gasteiger partial charge in [-0.15, -0.1) is 0 Å². The number of hydrogen-bond acceptors (Lipinski definition) is 7. The predicted octanol–water partition coefficient (Wildman–Crippen LogP) is 7.01. The van der Waals surface area contributed by atoms with E-state index in [-0.39, 0.29) is 11.3 Å². The molecule has 0 radical (unpaired) electrons. The highest BCUT2D eigenvalue weighted by atomic mass is 32.1. The smallest absolute Gasteiger partial charge is 0.301 e. The molecule has 2 aromatic carbocycles. The highest BCUT2D eigenvalue weighted by Crippen LogP contribution is 2.44. The minimum absolute atomic E-state index is 0.0163. The maximum Gasteiger partial charge on any atom is 0.301 e. The Kier molecular flexibility index (Phi) is 7.74. The molecule has 1 saturated heterocycles. The summed E-state index contributed by atoms with van der Waals surface area (Å²) < 4.78 is 6.70. The van der Waals surface area contributed by atoms with Gasteiger partial charge in [-0.1, -0.05) is 57.1 Å². The van der Waals surface area contributed by atoms with Gasteiger partial charge in [0.2, 0.25) is 0 Å². The molecular weight excluding hydrogens is 510 g/mol. The van der Waals surface area contributed by atoms with Gasteiger partial charge in [-0.25, -0.2) is 4.98 Å². The Morgan fingerprint density at radius 1 is 1.08 bits per heavy atom. The summed E-state index contributed by atoms with van der Waals surface area (Å²) >= 11 is 1.35. The maximum absolute atomic E-state index is 13.5. The van der Waals surface area contributed by atoms with E-state index in [0.717, 1.165) is 29.5 Å². The molecule has 2 aromatic heterocycles. The predicted molar refractivity (Wildman–Crippen MR) is 154 cm³/mol. The Balaban J connectivity index is 1.55. The number of unbranched alkanes of at least 4 members (excludes halogenated alkanes) is 2. The van der Waals surface area contributed by atoms with Crippen molar-refractivity contribution in [2.75, 3.05) is 11.5 Å². The van der Waals surface area contributed by atoms with E-state index in [1.807, 2.05) is 12.1 Å². The molecule has 0 spiro atoms. The lowest BCUT2D eigenvalue weighted by Gasteiger charge is -2.22. The Labute approximate surface area is 231 Å². The first-order valence-corrected chi connectivity index (χ1v) is 14.1. The third-order valence-corrected chi connectivity index (χ3v) is 7.85. The van der Waals surface area contributed by atoms with E-state index in [2.05, 4.69) is 31.8 Å². The molecule has 4 aromatic rings. The number of anilines is 1. The van der Waals surface area contributed by atoms with Crippen molar-refractivity contribution in [2.24, 2.45) is 0 Å². The van der Waals surface area contributed by atoms with E-state index in [1.165, 1.54) is 21.8 Å². The summed E-state index contributed by atoms with van der Waals surface area (Å²) in [4.78, 5) is 37.4. The van der Waals surface area contributed by atoms with E-state index in [1.54, 1.807) is 48.7 Å². The van der Waals surface area contributed by atoms with Crippen LogP contribution in [-0.4, -0.2) is 33.4 Å². The number of carbonyl (C=O) groups excluding carboxylic acids is 2. The lowest BCUT2D eigenvalue weighted by molar-refractivity contribution is -0.132. The molecule has 1 aliphatic rings. The van der Waals surface area contributed by atoms with E-state index < -0.39 is 17.7 Å². The maximum atomic E-state index is 13.5. The highest BCUT2D eigenvalue weighted by molar-refractivity contribution is 7.22. The number of Topliss-reactive ketones (excluding diaryl/α,β-unsaturated/α-hetero) is 1. The second kappa shape index (κ2) is 11.4. The van der Waals surface area contributed by atoms with Crippen molar-refractivity contribution in [3.63, 3.8) is 0 Å². The lowest BCUT2D eigenvalue weighted by atomic mass is 9.98. The summed E-state index contributed by atoms with van der Waals surface area (Å²) in [6.07, 6.45) is 4.78. The summed E-state index contributed by atoms with van der Waals surface area (Å²) in [5.74, 6) is -0.751. The van der Waals surface area contributed by atoms with Crippen LogP contribution in [0.2, 0.25) is 0 Å². The van der Waals surface area contributed by atoms with Gasteiger partial charge >= 0.3 is 5.91 Å². The van der Waals surface area contributed by atoms with Gasteiger partial charge in [0.05, 0.1) is 28.1 Å². The second-order valence-electron chi connectivity index (χ2n) is 9.88. The number of aliphatic hydroxyl groups excluding tert-OH is 1. The Hall–Kier alpha value is -4.04. The average molecular weight is 542 g/mol. The third-order valence-electron chi connectivity index (χ3n) is 6.83. The molecule has 200 valence electrons. The van der Waals surface area contributed by atoms with Gasteiger partial charge in [-0.2, -0.15) is 0 Å². The molecule has 0 aliphatic carbocycles. The van der Waals surface area contributed by atoms with Crippen LogP contribution in [0, 0.1) is 0 Å². The van der Waals surface area contributed by atoms with Gasteiger partial charge in [0.25, 0.3) is 5.78 Å². The van der Waals surface area contributed by atoms with Gasteiger partial charge < -0.3 is 9.84 Å². The van der Waals surface area contributed by atoms with Crippen LogP contribution in [0.25, 0.3) is 16.0 Å². The normalized spacial score (nSPS) is 16.9. The molecule has 5 rings (SSSR count). The number of amides is 1. The minimum atomic E-state index is -0.915. The fourth-order valence-electron chi connectivity index (χ4n) is 4.65. The van der Waals surface area contributed by atoms with Crippen LogP contribution in [0.15, 0.2) is 72.4 Å². The molecule has 0 saturated carbocycles. The van der Waals surface area contributed by atoms with Crippen molar-refractivity contribution in [1.82, 2.24) is 9.97 Å². The summed E-state index contributed by atoms with van der Waals surface area (Å²) in [5, 5.41) is 11.8. The number of thiazole rings is 1. The zero-order valence-corrected chi connectivity index (χ0v) is 23.1. The molecule has 8 heteroatoms. The molecule has 1 aliphatic heterocycles. The van der Waals surface area contributed by atoms with Gasteiger partial charge in [0, 0.05) is 11.8 Å². The van der Waals surface area contributed by atoms with Crippen LogP contribution < -0.4 is 9.64 Å². The van der Waals surface area contributed by atoms with E-state index in [9.17, 15) is 14.7 Å². The number of ether oxygens (including phenoxy) is 1. The molecule has 1 fully saturated rings. The van der Waals surface area contributed by atoms with Gasteiger partial charge in [0.15, 0.2) is 5.13 Å². The van der Waals surface area contributed by atoms with Crippen molar-refractivity contribution >= 4 is 44.1 Å². The number of pyridine rings is 1. The lowest BCUT2D eigenvalue weighted by Crippen LogP contribution is -2.29. The SMILES string of the molecule is CCCCCOc1ccc(/C(O)=C2\C(=O)C(=O)N(c3nc4ccc(C(C)C)cc4s3)C2c2ccccn2)cc1. The van der Waals surface area contributed by atoms with Crippen molar-refractivity contribution in [3.8, 4) is 5.75 Å². The minimum Gasteiger partial charge on any atom is -0.507 e. The second-order valence-corrected chi connectivity index (χ2v) is 10.9. The highest BCUT2D eigenvalue weighted by Gasteiger charge is 2.48. The first-order chi connectivity index (χ1) is 18.9. The number of nitrogens with zero attached hydrogens (tertiary/aromatic N) is 3. The summed E-state index contributed by atoms with van der Waals surface area (Å²) in [6.45, 7) is 6.99. The molecule has 1 atom stereocenters. The number of rotatable bonds is 9. The number of hydrogen-bond donors (Lipinski definition) is 1. The fraction of sp³-hybridized carbons (Fsp3) is 0.290. The summed E-state index contributed by atoms with van der Waals surface area (Å²) in [5.41, 5.74) is 2.78. The number of aromatic nitrogens is 2. The topological polar surface area (TPSA) is 92.6 Å². The van der Waals surface area contributed by atoms with Crippen LogP contribution in [0.3, 0.4) is 0 Å². The van der Waals surface area contributed by atoms with Crippen LogP contribution in [0.4, 0.5) is 5.13 Å². The van der Waals surface area contributed by atoms with Crippen LogP contribution in [-0.2, 0) is 9.59 Å². The number of carbonyl (C=O) groups is 2. The van der Waals surface area contributed by atoms with E-state index in [0.29, 0.717) is 34.7 Å². The van der Waals surface area contributed by atoms with Gasteiger partial charge in [0.1, 0.15) is 17.6 Å². The number of benzene rings is 2. The van der Waals surface area contributed by atoms with Crippen LogP contribution in [0.1, 0.15) is 68.8 Å². The van der Waals surface area contributed by atoms with Gasteiger partial charge in [-0.05, 0) is 66.4 Å². The first-order valence-electron chi connectivity index (χ1n) is 13.2. The zero-order valence-electron chi connectivity index (χ0n) is 22.3. The number of ketones is 1. The molecular formula is C31H31N3O4S. The Bertz CT molecular complexity index is 1530. The van der Waals surface area contributed by atoms with Crippen molar-refractivity contribution in [3.05, 3.63) is 89.3 Å². The Morgan fingerprint density at radius 2 is 1.87 bits per heavy atom. The summed E-state index contributed by atoms with van der Waals surface area (Å²) in [7, 11) is 0. The van der Waals surface area contributed by atoms with Crippen LogP contribution >= 0.6 is 11.3 Å². The molecule has 1 N–H and O–H groups in total.